The van der Waals surface area contributed by atoms with Crippen molar-refractivity contribution in [2.45, 2.75) is 19.0 Å². The predicted octanol–water partition coefficient (Wildman–Crippen LogP) is 3.87. The summed E-state index contributed by atoms with van der Waals surface area (Å²) in [6.07, 6.45) is -4.21. The van der Waals surface area contributed by atoms with Gasteiger partial charge in [0, 0.05) is 25.2 Å². The summed E-state index contributed by atoms with van der Waals surface area (Å²) in [5, 5.41) is 2.44. The number of halogens is 4. The fourth-order valence-corrected chi connectivity index (χ4v) is 3.14. The molecule has 2 amide bonds. The maximum absolute atomic E-state index is 13.7. The lowest BCUT2D eigenvalue weighted by Crippen LogP contribution is -2.30. The maximum Gasteiger partial charge on any atom is 0.416 e. The minimum absolute atomic E-state index is 0.0251. The number of amides is 2. The minimum atomic E-state index is -4.51. The topological polar surface area (TPSA) is 49.4 Å². The van der Waals surface area contributed by atoms with Gasteiger partial charge in [-0.15, -0.1) is 0 Å². The molecule has 1 unspecified atom stereocenters. The molecule has 1 aliphatic rings. The van der Waals surface area contributed by atoms with E-state index < -0.39 is 23.6 Å². The van der Waals surface area contributed by atoms with Crippen LogP contribution in [0, 0.1) is 11.7 Å². The Morgan fingerprint density at radius 1 is 1.14 bits per heavy atom. The molecule has 8 heteroatoms. The van der Waals surface area contributed by atoms with E-state index in [0.717, 1.165) is 12.1 Å². The minimum Gasteiger partial charge on any atom is -0.342 e. The molecule has 1 atom stereocenters. The molecule has 2 aromatic carbocycles. The van der Waals surface area contributed by atoms with Crippen LogP contribution in [0.2, 0.25) is 0 Å². The first-order valence-electron chi connectivity index (χ1n) is 8.73. The second-order valence-corrected chi connectivity index (χ2v) is 6.65. The predicted molar refractivity (Wildman–Crippen MR) is 94.9 cm³/mol. The van der Waals surface area contributed by atoms with Crippen LogP contribution in [0.4, 0.5) is 23.2 Å². The second-order valence-electron chi connectivity index (χ2n) is 6.65. The molecule has 2 aromatic rings. The molecule has 0 aromatic heterocycles. The molecule has 1 saturated heterocycles. The number of hydrogen-bond donors (Lipinski definition) is 1. The third-order valence-electron chi connectivity index (χ3n) is 4.65. The molecular weight excluding hydrogens is 376 g/mol. The molecule has 0 bridgehead atoms. The molecule has 148 valence electrons. The average Bonchev–Trinajstić information content (AvgIpc) is 3.01. The van der Waals surface area contributed by atoms with Crippen LogP contribution in [0.25, 0.3) is 0 Å². The van der Waals surface area contributed by atoms with Gasteiger partial charge >= 0.3 is 6.18 Å². The number of alkyl halides is 3. The molecule has 0 saturated carbocycles. The summed E-state index contributed by atoms with van der Waals surface area (Å²) >= 11 is 0. The first-order valence-corrected chi connectivity index (χ1v) is 8.73. The van der Waals surface area contributed by atoms with Crippen LogP contribution in [0.3, 0.4) is 0 Å². The van der Waals surface area contributed by atoms with Crippen molar-refractivity contribution in [3.63, 3.8) is 0 Å². The molecule has 1 aliphatic heterocycles. The smallest absolute Gasteiger partial charge is 0.342 e. The monoisotopic (exact) mass is 394 g/mol. The molecule has 0 spiro atoms. The number of hydrogen-bond acceptors (Lipinski definition) is 2. The number of rotatable bonds is 5. The van der Waals surface area contributed by atoms with E-state index in [1.165, 1.54) is 23.1 Å². The van der Waals surface area contributed by atoms with Gasteiger partial charge in [0.1, 0.15) is 5.82 Å². The van der Waals surface area contributed by atoms with Crippen molar-refractivity contribution in [1.29, 1.82) is 0 Å². The van der Waals surface area contributed by atoms with E-state index in [-0.39, 0.29) is 36.9 Å². The zero-order chi connectivity index (χ0) is 20.3. The summed E-state index contributed by atoms with van der Waals surface area (Å²) in [5.74, 6) is -1.77. The lowest BCUT2D eigenvalue weighted by Gasteiger charge is -2.17. The van der Waals surface area contributed by atoms with Crippen LogP contribution in [0.15, 0.2) is 48.5 Å². The highest BCUT2D eigenvalue weighted by atomic mass is 19.4. The van der Waals surface area contributed by atoms with Crippen molar-refractivity contribution in [3.05, 3.63) is 65.5 Å². The summed E-state index contributed by atoms with van der Waals surface area (Å²) in [7, 11) is 0. The lowest BCUT2D eigenvalue weighted by atomic mass is 10.1. The number of nitrogens with one attached hydrogen (secondary N) is 1. The normalized spacial score (nSPS) is 17.1. The molecule has 0 aliphatic carbocycles. The number of likely N-dealkylation sites (tertiary alicyclic amines) is 1. The summed E-state index contributed by atoms with van der Waals surface area (Å²) in [4.78, 5) is 26.0. The molecule has 4 nitrogen and oxygen atoms in total. The van der Waals surface area contributed by atoms with Crippen LogP contribution < -0.4 is 5.32 Å². The Morgan fingerprint density at radius 2 is 1.89 bits per heavy atom. The molecular formula is C20H18F4N2O2. The van der Waals surface area contributed by atoms with Crippen molar-refractivity contribution in [2.24, 2.45) is 5.92 Å². The fraction of sp³-hybridized carbons (Fsp3) is 0.300. The first kappa shape index (κ1) is 19.9. The van der Waals surface area contributed by atoms with Crippen molar-refractivity contribution < 1.29 is 27.2 Å². The molecule has 1 N–H and O–H groups in total. The maximum atomic E-state index is 13.7. The van der Waals surface area contributed by atoms with Gasteiger partial charge in [-0.1, -0.05) is 24.3 Å². The molecule has 1 heterocycles. The lowest BCUT2D eigenvalue weighted by molar-refractivity contribution is -0.137. The Bertz CT molecular complexity index is 883. The first-order chi connectivity index (χ1) is 13.2. The Balaban J connectivity index is 1.59. The van der Waals surface area contributed by atoms with Gasteiger partial charge in [-0.25, -0.2) is 4.39 Å². The van der Waals surface area contributed by atoms with Gasteiger partial charge in [0.15, 0.2) is 0 Å². The quantitative estimate of drug-likeness (QED) is 0.783. The summed E-state index contributed by atoms with van der Waals surface area (Å²) < 4.78 is 52.0. The van der Waals surface area contributed by atoms with E-state index >= 15 is 0 Å². The van der Waals surface area contributed by atoms with Gasteiger partial charge in [-0.2, -0.15) is 13.2 Å². The van der Waals surface area contributed by atoms with Crippen LogP contribution in [0.5, 0.6) is 0 Å². The van der Waals surface area contributed by atoms with E-state index in [1.54, 1.807) is 18.2 Å². The molecule has 1 fully saturated rings. The van der Waals surface area contributed by atoms with Gasteiger partial charge in [0.05, 0.1) is 11.5 Å². The van der Waals surface area contributed by atoms with E-state index in [1.807, 2.05) is 0 Å². The van der Waals surface area contributed by atoms with Gasteiger partial charge in [0.2, 0.25) is 11.8 Å². The zero-order valence-corrected chi connectivity index (χ0v) is 14.8. The second kappa shape index (κ2) is 8.00. The Kier molecular flexibility index (Phi) is 5.67. The van der Waals surface area contributed by atoms with Crippen molar-refractivity contribution >= 4 is 17.5 Å². The van der Waals surface area contributed by atoms with Gasteiger partial charge < -0.3 is 10.2 Å². The van der Waals surface area contributed by atoms with Crippen LogP contribution in [0.1, 0.15) is 17.5 Å². The molecule has 28 heavy (non-hydrogen) atoms. The van der Waals surface area contributed by atoms with Crippen molar-refractivity contribution in [2.75, 3.05) is 18.4 Å². The zero-order valence-electron chi connectivity index (χ0n) is 14.8. The highest BCUT2D eigenvalue weighted by Crippen LogP contribution is 2.31. The van der Waals surface area contributed by atoms with Crippen molar-refractivity contribution in [1.82, 2.24) is 4.90 Å². The van der Waals surface area contributed by atoms with Crippen LogP contribution in [-0.4, -0.2) is 29.8 Å². The fourth-order valence-electron chi connectivity index (χ4n) is 3.14. The number of nitrogens with zero attached hydrogens (tertiary/aromatic N) is 1. The third-order valence-corrected chi connectivity index (χ3v) is 4.65. The van der Waals surface area contributed by atoms with E-state index in [4.69, 9.17) is 0 Å². The van der Waals surface area contributed by atoms with Gasteiger partial charge in [0.25, 0.3) is 0 Å². The van der Waals surface area contributed by atoms with Crippen molar-refractivity contribution in [3.8, 4) is 0 Å². The summed E-state index contributed by atoms with van der Waals surface area (Å²) in [5.41, 5.74) is -0.358. The average molecular weight is 394 g/mol. The largest absolute Gasteiger partial charge is 0.416 e. The van der Waals surface area contributed by atoms with Gasteiger partial charge in [-0.3, -0.25) is 9.59 Å². The molecule has 3 rings (SSSR count). The molecule has 0 radical (unpaired) electrons. The summed E-state index contributed by atoms with van der Waals surface area (Å²) in [6.45, 7) is 0.422. The number of benzene rings is 2. The van der Waals surface area contributed by atoms with E-state index in [9.17, 15) is 27.2 Å². The van der Waals surface area contributed by atoms with Gasteiger partial charge in [-0.05, 0) is 36.2 Å². The SMILES string of the molecule is O=C(Nc1cccc(C(F)(F)F)c1)C1CC(=O)N(CCc2ccccc2F)C1. The van der Waals surface area contributed by atoms with E-state index in [0.29, 0.717) is 12.0 Å². The van der Waals surface area contributed by atoms with Crippen LogP contribution >= 0.6 is 0 Å². The summed E-state index contributed by atoms with van der Waals surface area (Å²) in [6, 6.07) is 10.6. The Hall–Kier alpha value is -2.90. The third kappa shape index (κ3) is 4.68. The Labute approximate surface area is 159 Å². The standard InChI is InChI=1S/C20H18F4N2O2/c21-17-7-2-1-4-13(17)8-9-26-12-14(10-18(26)27)19(28)25-16-6-3-5-15(11-16)20(22,23)24/h1-7,11,14H,8-10,12H2,(H,25,28). The highest BCUT2D eigenvalue weighted by Gasteiger charge is 2.35. The van der Waals surface area contributed by atoms with Crippen LogP contribution in [-0.2, 0) is 22.2 Å². The highest BCUT2D eigenvalue weighted by molar-refractivity contribution is 5.97. The number of carbonyl (C=O) groups excluding carboxylic acids is 2. The Morgan fingerprint density at radius 3 is 2.61 bits per heavy atom. The number of carbonyl (C=O) groups is 2. The van der Waals surface area contributed by atoms with E-state index in [2.05, 4.69) is 5.32 Å². The number of anilines is 1.